The molecule has 5 heteroatoms. The summed E-state index contributed by atoms with van der Waals surface area (Å²) in [5, 5.41) is 0. The number of rotatable bonds is 4. The molecule has 2 N–H and O–H groups in total. The topological polar surface area (TPSA) is 53.7 Å². The van der Waals surface area contributed by atoms with E-state index in [4.69, 9.17) is 19.9 Å². The Morgan fingerprint density at radius 2 is 1.53 bits per heavy atom. The SMILES string of the molecule is COc1cc(N)c(Oc2ccccc2Br)cc1OC. The minimum Gasteiger partial charge on any atom is -0.493 e. The highest BCUT2D eigenvalue weighted by Crippen LogP contribution is 2.39. The Bertz CT molecular complexity index is 587. The van der Waals surface area contributed by atoms with Crippen molar-refractivity contribution in [1.29, 1.82) is 0 Å². The van der Waals surface area contributed by atoms with Crippen LogP contribution < -0.4 is 19.9 Å². The number of ether oxygens (including phenoxy) is 3. The molecule has 2 aromatic carbocycles. The molecule has 0 aromatic heterocycles. The highest BCUT2D eigenvalue weighted by Gasteiger charge is 2.11. The maximum absolute atomic E-state index is 5.94. The van der Waals surface area contributed by atoms with Crippen molar-refractivity contribution in [1.82, 2.24) is 0 Å². The third-order valence-electron chi connectivity index (χ3n) is 2.57. The summed E-state index contributed by atoms with van der Waals surface area (Å²) in [5.74, 6) is 2.34. The lowest BCUT2D eigenvalue weighted by Gasteiger charge is -2.14. The third kappa shape index (κ3) is 2.93. The molecule has 0 heterocycles. The Kier molecular flexibility index (Phi) is 4.16. The molecule has 0 unspecified atom stereocenters. The highest BCUT2D eigenvalue weighted by molar-refractivity contribution is 9.10. The van der Waals surface area contributed by atoms with Crippen molar-refractivity contribution >= 4 is 21.6 Å². The van der Waals surface area contributed by atoms with Crippen LogP contribution in [0.2, 0.25) is 0 Å². The van der Waals surface area contributed by atoms with E-state index in [0.29, 0.717) is 28.7 Å². The van der Waals surface area contributed by atoms with Gasteiger partial charge in [0.25, 0.3) is 0 Å². The quantitative estimate of drug-likeness (QED) is 0.868. The number of halogens is 1. The summed E-state index contributed by atoms with van der Waals surface area (Å²) < 4.78 is 17.0. The smallest absolute Gasteiger partial charge is 0.164 e. The van der Waals surface area contributed by atoms with Crippen LogP contribution in [0.1, 0.15) is 0 Å². The molecule has 0 saturated carbocycles. The van der Waals surface area contributed by atoms with Gasteiger partial charge in [-0.05, 0) is 28.1 Å². The predicted molar refractivity (Wildman–Crippen MR) is 78.2 cm³/mol. The molecule has 2 aromatic rings. The average molecular weight is 324 g/mol. The van der Waals surface area contributed by atoms with E-state index < -0.39 is 0 Å². The Balaban J connectivity index is 2.38. The first kappa shape index (κ1) is 13.5. The van der Waals surface area contributed by atoms with Crippen molar-refractivity contribution in [2.24, 2.45) is 0 Å². The second-order valence-electron chi connectivity index (χ2n) is 3.78. The number of nitrogen functional groups attached to an aromatic ring is 1. The van der Waals surface area contributed by atoms with Gasteiger partial charge < -0.3 is 19.9 Å². The molecule has 0 fully saturated rings. The highest BCUT2D eigenvalue weighted by atomic mass is 79.9. The van der Waals surface area contributed by atoms with E-state index in [1.54, 1.807) is 26.4 Å². The number of hydrogen-bond donors (Lipinski definition) is 1. The van der Waals surface area contributed by atoms with Gasteiger partial charge in [0.15, 0.2) is 17.2 Å². The number of nitrogens with two attached hydrogens (primary N) is 1. The third-order valence-corrected chi connectivity index (χ3v) is 3.23. The summed E-state index contributed by atoms with van der Waals surface area (Å²) >= 11 is 3.42. The molecule has 0 bridgehead atoms. The first-order valence-corrected chi connectivity index (χ1v) is 6.39. The minimum atomic E-state index is 0.480. The van der Waals surface area contributed by atoms with Crippen LogP contribution in [0.4, 0.5) is 5.69 Å². The van der Waals surface area contributed by atoms with Gasteiger partial charge >= 0.3 is 0 Å². The number of para-hydroxylation sites is 1. The van der Waals surface area contributed by atoms with Gasteiger partial charge in [-0.3, -0.25) is 0 Å². The molecule has 4 nitrogen and oxygen atoms in total. The molecule has 0 atom stereocenters. The Morgan fingerprint density at radius 3 is 2.16 bits per heavy atom. The maximum atomic E-state index is 5.94. The molecule has 19 heavy (non-hydrogen) atoms. The molecule has 0 aliphatic heterocycles. The van der Waals surface area contributed by atoms with Crippen molar-refractivity contribution in [3.05, 3.63) is 40.9 Å². The summed E-state index contributed by atoms with van der Waals surface area (Å²) in [5.41, 5.74) is 6.42. The first-order valence-electron chi connectivity index (χ1n) is 5.59. The van der Waals surface area contributed by atoms with E-state index in [1.807, 2.05) is 24.3 Å². The van der Waals surface area contributed by atoms with Gasteiger partial charge in [0.1, 0.15) is 5.75 Å². The predicted octanol–water partition coefficient (Wildman–Crippen LogP) is 3.84. The van der Waals surface area contributed by atoms with Gasteiger partial charge in [0.05, 0.1) is 24.4 Å². The summed E-state index contributed by atoms with van der Waals surface area (Å²) in [4.78, 5) is 0. The van der Waals surface area contributed by atoms with Crippen LogP contribution >= 0.6 is 15.9 Å². The fraction of sp³-hybridized carbons (Fsp3) is 0.143. The zero-order chi connectivity index (χ0) is 13.8. The minimum absolute atomic E-state index is 0.480. The van der Waals surface area contributed by atoms with E-state index in [0.717, 1.165) is 4.47 Å². The Labute approximate surface area is 120 Å². The number of methoxy groups -OCH3 is 2. The first-order chi connectivity index (χ1) is 9.15. The normalized spacial score (nSPS) is 10.1. The fourth-order valence-electron chi connectivity index (χ4n) is 1.61. The monoisotopic (exact) mass is 323 g/mol. The molecule has 0 aliphatic rings. The zero-order valence-corrected chi connectivity index (χ0v) is 12.2. The van der Waals surface area contributed by atoms with Crippen molar-refractivity contribution in [3.63, 3.8) is 0 Å². The van der Waals surface area contributed by atoms with E-state index >= 15 is 0 Å². The summed E-state index contributed by atoms with van der Waals surface area (Å²) in [7, 11) is 3.13. The Hall–Kier alpha value is -1.88. The fourth-order valence-corrected chi connectivity index (χ4v) is 1.98. The van der Waals surface area contributed by atoms with Crippen LogP contribution in [0, 0.1) is 0 Å². The molecule has 2 rings (SSSR count). The lowest BCUT2D eigenvalue weighted by molar-refractivity contribution is 0.352. The van der Waals surface area contributed by atoms with E-state index in [9.17, 15) is 0 Å². The molecule has 100 valence electrons. The molecular weight excluding hydrogens is 310 g/mol. The van der Waals surface area contributed by atoms with Crippen LogP contribution in [0.3, 0.4) is 0 Å². The molecule has 0 radical (unpaired) electrons. The average Bonchev–Trinajstić information content (AvgIpc) is 2.42. The molecular formula is C14H14BrNO3. The van der Waals surface area contributed by atoms with E-state index in [-0.39, 0.29) is 0 Å². The van der Waals surface area contributed by atoms with Crippen LogP contribution in [0.15, 0.2) is 40.9 Å². The summed E-state index contributed by atoms with van der Waals surface area (Å²) in [6.45, 7) is 0. The van der Waals surface area contributed by atoms with E-state index in [2.05, 4.69) is 15.9 Å². The summed E-state index contributed by atoms with van der Waals surface area (Å²) in [6, 6.07) is 10.9. The second-order valence-corrected chi connectivity index (χ2v) is 4.63. The lowest BCUT2D eigenvalue weighted by Crippen LogP contribution is -1.97. The van der Waals surface area contributed by atoms with Crippen molar-refractivity contribution in [2.75, 3.05) is 20.0 Å². The van der Waals surface area contributed by atoms with Crippen LogP contribution in [0.25, 0.3) is 0 Å². The van der Waals surface area contributed by atoms with Crippen molar-refractivity contribution in [2.45, 2.75) is 0 Å². The van der Waals surface area contributed by atoms with Gasteiger partial charge in [0.2, 0.25) is 0 Å². The molecule has 0 spiro atoms. The number of hydrogen-bond acceptors (Lipinski definition) is 4. The van der Waals surface area contributed by atoms with Crippen molar-refractivity contribution in [3.8, 4) is 23.0 Å². The molecule has 0 amide bonds. The van der Waals surface area contributed by atoms with Gasteiger partial charge in [-0.25, -0.2) is 0 Å². The zero-order valence-electron chi connectivity index (χ0n) is 10.6. The largest absolute Gasteiger partial charge is 0.493 e. The lowest BCUT2D eigenvalue weighted by atomic mass is 10.2. The molecule has 0 saturated heterocycles. The number of anilines is 1. The van der Waals surface area contributed by atoms with E-state index in [1.165, 1.54) is 0 Å². The van der Waals surface area contributed by atoms with Gasteiger partial charge in [-0.15, -0.1) is 0 Å². The summed E-state index contributed by atoms with van der Waals surface area (Å²) in [6.07, 6.45) is 0. The maximum Gasteiger partial charge on any atom is 0.164 e. The Morgan fingerprint density at radius 1 is 0.895 bits per heavy atom. The van der Waals surface area contributed by atoms with Gasteiger partial charge in [0, 0.05) is 12.1 Å². The van der Waals surface area contributed by atoms with Crippen LogP contribution in [-0.4, -0.2) is 14.2 Å². The second kappa shape index (κ2) is 5.84. The standard InChI is InChI=1S/C14H14BrNO3/c1-17-13-7-10(16)12(8-14(13)18-2)19-11-6-4-3-5-9(11)15/h3-8H,16H2,1-2H3. The van der Waals surface area contributed by atoms with Gasteiger partial charge in [-0.1, -0.05) is 12.1 Å². The molecule has 0 aliphatic carbocycles. The van der Waals surface area contributed by atoms with Crippen LogP contribution in [-0.2, 0) is 0 Å². The van der Waals surface area contributed by atoms with Gasteiger partial charge in [-0.2, -0.15) is 0 Å². The van der Waals surface area contributed by atoms with Crippen LogP contribution in [0.5, 0.6) is 23.0 Å². The van der Waals surface area contributed by atoms with Crippen molar-refractivity contribution < 1.29 is 14.2 Å². The number of benzene rings is 2.